The monoisotopic (exact) mass is 506 g/mol. The van der Waals surface area contributed by atoms with Gasteiger partial charge in [-0.05, 0) is 37.6 Å². The number of aromatic nitrogens is 1. The van der Waals surface area contributed by atoms with Crippen LogP contribution in [0.4, 0.5) is 5.88 Å². The summed E-state index contributed by atoms with van der Waals surface area (Å²) in [5, 5.41) is 7.57. The van der Waals surface area contributed by atoms with Gasteiger partial charge in [0.2, 0.25) is 5.88 Å². The average molecular weight is 507 g/mol. The van der Waals surface area contributed by atoms with Crippen LogP contribution in [0.25, 0.3) is 0 Å². The highest BCUT2D eigenvalue weighted by atomic mass is 16.5. The molecule has 0 saturated heterocycles. The van der Waals surface area contributed by atoms with Crippen LogP contribution in [-0.2, 0) is 4.79 Å². The van der Waals surface area contributed by atoms with Gasteiger partial charge in [-0.2, -0.15) is 0 Å². The summed E-state index contributed by atoms with van der Waals surface area (Å²) in [5.41, 5.74) is 4.64. The first kappa shape index (κ1) is 24.5. The number of hydrogen-bond acceptors (Lipinski definition) is 9. The first-order valence-corrected chi connectivity index (χ1v) is 11.9. The van der Waals surface area contributed by atoms with E-state index >= 15 is 0 Å². The number of methoxy groups -OCH3 is 5. The molecule has 194 valence electrons. The van der Waals surface area contributed by atoms with Crippen LogP contribution in [0.2, 0.25) is 0 Å². The molecule has 2 atom stereocenters. The first-order valence-electron chi connectivity index (χ1n) is 11.9. The van der Waals surface area contributed by atoms with Gasteiger partial charge in [-0.3, -0.25) is 4.79 Å². The van der Waals surface area contributed by atoms with E-state index in [4.69, 9.17) is 28.2 Å². The van der Waals surface area contributed by atoms with Gasteiger partial charge in [0.25, 0.3) is 0 Å². The van der Waals surface area contributed by atoms with Crippen LogP contribution in [0, 0.1) is 6.92 Å². The summed E-state index contributed by atoms with van der Waals surface area (Å²) in [4.78, 5) is 14.0. The van der Waals surface area contributed by atoms with E-state index < -0.39 is 5.92 Å². The normalized spacial score (nSPS) is 18.5. The Morgan fingerprint density at radius 3 is 2.22 bits per heavy atom. The van der Waals surface area contributed by atoms with E-state index in [1.54, 1.807) is 41.6 Å². The number of rotatable bonds is 7. The smallest absolute Gasteiger partial charge is 0.233 e. The molecule has 0 radical (unpaired) electrons. The maximum atomic E-state index is 14.0. The minimum atomic E-state index is -0.451. The Morgan fingerprint density at radius 2 is 1.54 bits per heavy atom. The number of anilines is 1. The van der Waals surface area contributed by atoms with Gasteiger partial charge < -0.3 is 33.5 Å². The van der Waals surface area contributed by atoms with E-state index in [0.29, 0.717) is 58.7 Å². The Bertz CT molecular complexity index is 1390. The van der Waals surface area contributed by atoms with E-state index in [9.17, 15) is 4.79 Å². The van der Waals surface area contributed by atoms with Gasteiger partial charge in [0.15, 0.2) is 17.3 Å². The molecule has 5 rings (SSSR count). The lowest BCUT2D eigenvalue weighted by atomic mass is 9.72. The highest BCUT2D eigenvalue weighted by Gasteiger charge is 2.43. The molecule has 0 spiro atoms. The van der Waals surface area contributed by atoms with Gasteiger partial charge >= 0.3 is 0 Å². The lowest BCUT2D eigenvalue weighted by molar-refractivity contribution is -0.116. The number of benzene rings is 2. The Kier molecular flexibility index (Phi) is 6.45. The molecule has 1 aliphatic carbocycles. The molecule has 37 heavy (non-hydrogen) atoms. The Morgan fingerprint density at radius 1 is 0.838 bits per heavy atom. The van der Waals surface area contributed by atoms with Crippen molar-refractivity contribution in [1.82, 2.24) is 5.16 Å². The Balaban J connectivity index is 1.67. The third kappa shape index (κ3) is 4.04. The standard InChI is InChI=1S/C28H30N2O7/c1-14-25-26(18-12-23(35-5)24(36-6)13-22(18)34-4)27-19(29-28(25)37-30-14)9-15(10-20(27)31)17-11-16(32-2)7-8-21(17)33-3/h7-8,11-13,15,26,29H,9-10H2,1-6H3/t15-,26+/m0/s1. The molecule has 2 heterocycles. The number of carbonyl (C=O) groups excluding carboxylic acids is 1. The van der Waals surface area contributed by atoms with E-state index in [1.165, 1.54) is 0 Å². The molecule has 3 aromatic rings. The number of carbonyl (C=O) groups is 1. The van der Waals surface area contributed by atoms with Crippen molar-refractivity contribution in [2.75, 3.05) is 40.9 Å². The fraction of sp³-hybridized carbons (Fsp3) is 0.357. The number of aryl methyl sites for hydroxylation is 1. The van der Waals surface area contributed by atoms with Gasteiger partial charge in [-0.25, -0.2) is 0 Å². The molecule has 2 aliphatic rings. The minimum Gasteiger partial charge on any atom is -0.497 e. The van der Waals surface area contributed by atoms with Crippen LogP contribution in [0.3, 0.4) is 0 Å². The van der Waals surface area contributed by atoms with Crippen LogP contribution in [-0.4, -0.2) is 46.5 Å². The molecule has 0 amide bonds. The molecule has 0 bridgehead atoms. The molecule has 0 fully saturated rings. The zero-order chi connectivity index (χ0) is 26.3. The molecule has 1 N–H and O–H groups in total. The predicted molar refractivity (Wildman–Crippen MR) is 136 cm³/mol. The van der Waals surface area contributed by atoms with Gasteiger partial charge in [-0.15, -0.1) is 0 Å². The van der Waals surface area contributed by atoms with Gasteiger partial charge in [-0.1, -0.05) is 5.16 Å². The van der Waals surface area contributed by atoms with E-state index in [1.807, 2.05) is 31.2 Å². The van der Waals surface area contributed by atoms with Crippen molar-refractivity contribution < 1.29 is 33.0 Å². The maximum absolute atomic E-state index is 14.0. The topological polar surface area (TPSA) is 101 Å². The number of ether oxygens (including phenoxy) is 5. The summed E-state index contributed by atoms with van der Waals surface area (Å²) in [5.74, 6) is 3.06. The maximum Gasteiger partial charge on any atom is 0.233 e. The zero-order valence-corrected chi connectivity index (χ0v) is 21.8. The Labute approximate surface area is 215 Å². The lowest BCUT2D eigenvalue weighted by Crippen LogP contribution is -2.30. The second kappa shape index (κ2) is 9.72. The third-order valence-electron chi connectivity index (χ3n) is 7.18. The lowest BCUT2D eigenvalue weighted by Gasteiger charge is -2.35. The fourth-order valence-electron chi connectivity index (χ4n) is 5.44. The largest absolute Gasteiger partial charge is 0.497 e. The Hall–Kier alpha value is -4.14. The number of fused-ring (bicyclic) bond motifs is 1. The van der Waals surface area contributed by atoms with Gasteiger partial charge in [0.05, 0.1) is 52.7 Å². The number of hydrogen-bond donors (Lipinski definition) is 1. The summed E-state index contributed by atoms with van der Waals surface area (Å²) in [6.07, 6.45) is 0.895. The van der Waals surface area contributed by atoms with Gasteiger partial charge in [0, 0.05) is 40.8 Å². The van der Waals surface area contributed by atoms with Crippen molar-refractivity contribution in [3.05, 3.63) is 64.0 Å². The molecule has 9 heteroatoms. The molecular formula is C28H30N2O7. The minimum absolute atomic E-state index is 0.0247. The van der Waals surface area contributed by atoms with Crippen molar-refractivity contribution in [2.45, 2.75) is 31.6 Å². The SMILES string of the molecule is COc1ccc(OC)c([C@@H]2CC(=O)C3=C(C2)Nc2onc(C)c2[C@H]3c2cc(OC)c(OC)cc2OC)c1. The number of nitrogens with zero attached hydrogens (tertiary/aromatic N) is 1. The van der Waals surface area contributed by atoms with Crippen molar-refractivity contribution in [2.24, 2.45) is 0 Å². The highest BCUT2D eigenvalue weighted by molar-refractivity contribution is 6.02. The highest BCUT2D eigenvalue weighted by Crippen LogP contribution is 2.53. The molecule has 9 nitrogen and oxygen atoms in total. The molecular weight excluding hydrogens is 476 g/mol. The number of allylic oxidation sites excluding steroid dienone is 2. The van der Waals surface area contributed by atoms with Crippen molar-refractivity contribution in [3.63, 3.8) is 0 Å². The fourth-order valence-corrected chi connectivity index (χ4v) is 5.44. The number of ketones is 1. The molecule has 0 unspecified atom stereocenters. The zero-order valence-electron chi connectivity index (χ0n) is 21.8. The summed E-state index contributed by atoms with van der Waals surface area (Å²) < 4.78 is 33.6. The predicted octanol–water partition coefficient (Wildman–Crippen LogP) is 4.98. The molecule has 2 aromatic carbocycles. The molecule has 0 saturated carbocycles. The number of nitrogens with one attached hydrogen (secondary N) is 1. The third-order valence-corrected chi connectivity index (χ3v) is 7.18. The van der Waals surface area contributed by atoms with Crippen LogP contribution < -0.4 is 29.0 Å². The van der Waals surface area contributed by atoms with Crippen molar-refractivity contribution in [3.8, 4) is 28.7 Å². The summed E-state index contributed by atoms with van der Waals surface area (Å²) in [6.45, 7) is 1.87. The summed E-state index contributed by atoms with van der Waals surface area (Å²) in [6, 6.07) is 9.28. The summed E-state index contributed by atoms with van der Waals surface area (Å²) in [7, 11) is 7.99. The van der Waals surface area contributed by atoms with Crippen LogP contribution in [0.5, 0.6) is 28.7 Å². The average Bonchev–Trinajstić information content (AvgIpc) is 3.30. The quantitative estimate of drug-likeness (QED) is 0.475. The first-order chi connectivity index (χ1) is 17.9. The van der Waals surface area contributed by atoms with Crippen molar-refractivity contribution >= 4 is 11.7 Å². The second-order valence-electron chi connectivity index (χ2n) is 9.05. The van der Waals surface area contributed by atoms with E-state index in [0.717, 1.165) is 22.4 Å². The second-order valence-corrected chi connectivity index (χ2v) is 9.05. The van der Waals surface area contributed by atoms with Gasteiger partial charge in [0.1, 0.15) is 17.2 Å². The molecule has 1 aliphatic heterocycles. The van der Waals surface area contributed by atoms with Crippen LogP contribution >= 0.6 is 0 Å². The van der Waals surface area contributed by atoms with Crippen LogP contribution in [0.1, 0.15) is 47.1 Å². The van der Waals surface area contributed by atoms with E-state index in [-0.39, 0.29) is 11.7 Å². The van der Waals surface area contributed by atoms with Crippen molar-refractivity contribution in [1.29, 1.82) is 0 Å². The van der Waals surface area contributed by atoms with E-state index in [2.05, 4.69) is 10.5 Å². The molecule has 1 aromatic heterocycles. The number of Topliss-reactive ketones (excluding diaryl/α,β-unsaturated/α-hetero) is 1. The van der Waals surface area contributed by atoms with Crippen LogP contribution in [0.15, 0.2) is 46.1 Å². The summed E-state index contributed by atoms with van der Waals surface area (Å²) >= 11 is 0.